The Hall–Kier alpha value is -3.34. The maximum atomic E-state index is 12.4. The third kappa shape index (κ3) is 5.10. The summed E-state index contributed by atoms with van der Waals surface area (Å²) in [4.78, 5) is 28.3. The third-order valence-corrected chi connectivity index (χ3v) is 7.05. The first-order valence-electron chi connectivity index (χ1n) is 9.68. The molecule has 1 aromatic heterocycles. The molecule has 0 bridgehead atoms. The SMILES string of the molecule is CN(CC(=O)Nc1nc(-c2ccc3c(c2)CC(=O)N3)cs1)S(=O)(=O)C=Cc1ccccc1. The van der Waals surface area contributed by atoms with Crippen LogP contribution in [0.1, 0.15) is 11.1 Å². The van der Waals surface area contributed by atoms with Crippen molar-refractivity contribution in [2.75, 3.05) is 24.2 Å². The standard InChI is InChI=1S/C22H20N4O4S2/c1-26(32(29,30)10-9-15-5-3-2-4-6-15)13-21(28)25-22-24-19(14-31-22)16-7-8-18-17(11-16)12-20(27)23-18/h2-11,14H,12-13H2,1H3,(H,23,27)(H,24,25,28). The van der Waals surface area contributed by atoms with Gasteiger partial charge in [-0.25, -0.2) is 13.4 Å². The molecule has 0 atom stereocenters. The van der Waals surface area contributed by atoms with E-state index in [1.54, 1.807) is 17.5 Å². The van der Waals surface area contributed by atoms with Crippen LogP contribution >= 0.6 is 11.3 Å². The Labute approximate surface area is 189 Å². The number of hydrogen-bond acceptors (Lipinski definition) is 6. The lowest BCUT2D eigenvalue weighted by Crippen LogP contribution is -2.33. The highest BCUT2D eigenvalue weighted by Gasteiger charge is 2.20. The van der Waals surface area contributed by atoms with Crippen molar-refractivity contribution >= 4 is 50.1 Å². The highest BCUT2D eigenvalue weighted by atomic mass is 32.2. The number of fused-ring (bicyclic) bond motifs is 1. The zero-order valence-corrected chi connectivity index (χ0v) is 18.7. The van der Waals surface area contributed by atoms with Crippen LogP contribution in [0.4, 0.5) is 10.8 Å². The van der Waals surface area contributed by atoms with E-state index in [4.69, 9.17) is 0 Å². The topological polar surface area (TPSA) is 108 Å². The molecule has 2 aromatic carbocycles. The summed E-state index contributed by atoms with van der Waals surface area (Å²) < 4.78 is 25.8. The molecule has 32 heavy (non-hydrogen) atoms. The van der Waals surface area contributed by atoms with Crippen LogP contribution in [-0.2, 0) is 26.0 Å². The fourth-order valence-corrected chi connectivity index (χ4v) is 4.71. The van der Waals surface area contributed by atoms with Gasteiger partial charge in [0.1, 0.15) is 0 Å². The monoisotopic (exact) mass is 468 g/mol. The Morgan fingerprint density at radius 2 is 2.03 bits per heavy atom. The van der Waals surface area contributed by atoms with E-state index < -0.39 is 15.9 Å². The van der Waals surface area contributed by atoms with Gasteiger partial charge in [-0.05, 0) is 29.3 Å². The summed E-state index contributed by atoms with van der Waals surface area (Å²) >= 11 is 1.24. The predicted molar refractivity (Wildman–Crippen MR) is 126 cm³/mol. The van der Waals surface area contributed by atoms with E-state index in [1.165, 1.54) is 24.5 Å². The number of likely N-dealkylation sites (N-methyl/N-ethyl adjacent to an activating group) is 1. The van der Waals surface area contributed by atoms with E-state index in [2.05, 4.69) is 15.6 Å². The van der Waals surface area contributed by atoms with Gasteiger partial charge >= 0.3 is 0 Å². The van der Waals surface area contributed by atoms with E-state index in [1.807, 2.05) is 36.4 Å². The molecule has 10 heteroatoms. The molecule has 0 radical (unpaired) electrons. The van der Waals surface area contributed by atoms with Crippen molar-refractivity contribution in [2.24, 2.45) is 0 Å². The Morgan fingerprint density at radius 3 is 2.81 bits per heavy atom. The Kier molecular flexibility index (Phi) is 6.17. The van der Waals surface area contributed by atoms with E-state index in [0.717, 1.165) is 32.1 Å². The number of aromatic nitrogens is 1. The average Bonchev–Trinajstić information content (AvgIpc) is 3.37. The fourth-order valence-electron chi connectivity index (χ4n) is 3.14. The molecule has 0 saturated carbocycles. The Bertz CT molecular complexity index is 1300. The van der Waals surface area contributed by atoms with Crippen molar-refractivity contribution in [1.82, 2.24) is 9.29 Å². The second-order valence-corrected chi connectivity index (χ2v) is 9.98. The number of anilines is 2. The zero-order valence-electron chi connectivity index (χ0n) is 17.1. The van der Waals surface area contributed by atoms with Crippen LogP contribution < -0.4 is 10.6 Å². The minimum Gasteiger partial charge on any atom is -0.326 e. The van der Waals surface area contributed by atoms with Gasteiger partial charge in [-0.2, -0.15) is 4.31 Å². The van der Waals surface area contributed by atoms with Gasteiger partial charge in [0.05, 0.1) is 18.7 Å². The number of hydrogen-bond donors (Lipinski definition) is 2. The molecule has 0 spiro atoms. The number of thiazole rings is 1. The first-order valence-corrected chi connectivity index (χ1v) is 12.1. The maximum absolute atomic E-state index is 12.4. The average molecular weight is 469 g/mol. The van der Waals surface area contributed by atoms with Crippen molar-refractivity contribution in [3.05, 3.63) is 70.4 Å². The van der Waals surface area contributed by atoms with Crippen LogP contribution in [0.2, 0.25) is 0 Å². The largest absolute Gasteiger partial charge is 0.326 e. The van der Waals surface area contributed by atoms with Gasteiger partial charge in [0.2, 0.25) is 21.8 Å². The van der Waals surface area contributed by atoms with Crippen LogP contribution in [0.5, 0.6) is 0 Å². The van der Waals surface area contributed by atoms with Crippen LogP contribution in [0.25, 0.3) is 17.3 Å². The second-order valence-electron chi connectivity index (χ2n) is 7.20. The molecule has 4 rings (SSSR count). The highest BCUT2D eigenvalue weighted by Crippen LogP contribution is 2.30. The van der Waals surface area contributed by atoms with Crippen molar-refractivity contribution in [2.45, 2.75) is 6.42 Å². The molecular formula is C22H20N4O4S2. The summed E-state index contributed by atoms with van der Waals surface area (Å²) in [6.07, 6.45) is 1.81. The highest BCUT2D eigenvalue weighted by molar-refractivity contribution is 7.92. The summed E-state index contributed by atoms with van der Waals surface area (Å²) in [5.74, 6) is -0.532. The first kappa shape index (κ1) is 21.9. The van der Waals surface area contributed by atoms with Gasteiger partial charge in [-0.1, -0.05) is 36.4 Å². The van der Waals surface area contributed by atoms with E-state index in [9.17, 15) is 18.0 Å². The minimum atomic E-state index is -3.75. The molecule has 3 aromatic rings. The van der Waals surface area contributed by atoms with Crippen molar-refractivity contribution < 1.29 is 18.0 Å². The van der Waals surface area contributed by atoms with Crippen LogP contribution in [0, 0.1) is 0 Å². The van der Waals surface area contributed by atoms with Gasteiger partial charge in [-0.15, -0.1) is 11.3 Å². The number of sulfonamides is 1. The number of benzene rings is 2. The first-order chi connectivity index (χ1) is 15.3. The van der Waals surface area contributed by atoms with E-state index in [0.29, 0.717) is 17.2 Å². The number of nitrogens with zero attached hydrogens (tertiary/aromatic N) is 2. The number of amides is 2. The molecule has 1 aliphatic rings. The van der Waals surface area contributed by atoms with Gasteiger partial charge in [0, 0.05) is 29.1 Å². The zero-order chi connectivity index (χ0) is 22.7. The molecule has 2 heterocycles. The predicted octanol–water partition coefficient (Wildman–Crippen LogP) is 3.18. The normalized spacial score (nSPS) is 13.4. The fraction of sp³-hybridized carbons (Fsp3) is 0.136. The number of rotatable bonds is 7. The minimum absolute atomic E-state index is 0.0407. The van der Waals surface area contributed by atoms with Gasteiger partial charge < -0.3 is 10.6 Å². The molecule has 0 unspecified atom stereocenters. The van der Waals surface area contributed by atoms with Gasteiger partial charge in [-0.3, -0.25) is 9.59 Å². The van der Waals surface area contributed by atoms with Gasteiger partial charge in [0.25, 0.3) is 0 Å². The summed E-state index contributed by atoms with van der Waals surface area (Å²) in [6, 6.07) is 14.6. The summed E-state index contributed by atoms with van der Waals surface area (Å²) in [7, 11) is -2.41. The molecule has 2 N–H and O–H groups in total. The molecular weight excluding hydrogens is 448 g/mol. The quantitative estimate of drug-likeness (QED) is 0.554. The van der Waals surface area contributed by atoms with Gasteiger partial charge in [0.15, 0.2) is 5.13 Å². The molecule has 0 fully saturated rings. The molecule has 0 aliphatic carbocycles. The van der Waals surface area contributed by atoms with Crippen LogP contribution in [0.15, 0.2) is 59.3 Å². The Balaban J connectivity index is 1.37. The van der Waals surface area contributed by atoms with Crippen molar-refractivity contribution in [1.29, 1.82) is 0 Å². The van der Waals surface area contributed by atoms with Crippen LogP contribution in [0.3, 0.4) is 0 Å². The molecule has 164 valence electrons. The third-order valence-electron chi connectivity index (χ3n) is 4.81. The molecule has 8 nitrogen and oxygen atoms in total. The molecule has 1 aliphatic heterocycles. The summed E-state index contributed by atoms with van der Waals surface area (Å²) in [6.45, 7) is -0.344. The lowest BCUT2D eigenvalue weighted by molar-refractivity contribution is -0.116. The summed E-state index contributed by atoms with van der Waals surface area (Å²) in [5.41, 5.74) is 3.95. The smallest absolute Gasteiger partial charge is 0.241 e. The number of nitrogens with one attached hydrogen (secondary N) is 2. The lowest BCUT2D eigenvalue weighted by atomic mass is 10.1. The molecule has 0 saturated heterocycles. The number of carbonyl (C=O) groups excluding carboxylic acids is 2. The molecule has 2 amide bonds. The van der Waals surface area contributed by atoms with E-state index >= 15 is 0 Å². The van der Waals surface area contributed by atoms with E-state index in [-0.39, 0.29) is 12.5 Å². The maximum Gasteiger partial charge on any atom is 0.241 e. The number of carbonyl (C=O) groups is 2. The summed E-state index contributed by atoms with van der Waals surface area (Å²) in [5, 5.41) is 8.66. The lowest BCUT2D eigenvalue weighted by Gasteiger charge is -2.13. The second kappa shape index (κ2) is 9.03. The van der Waals surface area contributed by atoms with Crippen molar-refractivity contribution in [3.8, 4) is 11.3 Å². The van der Waals surface area contributed by atoms with Crippen LogP contribution in [-0.4, -0.2) is 43.1 Å². The van der Waals surface area contributed by atoms with Crippen molar-refractivity contribution in [3.63, 3.8) is 0 Å². The Morgan fingerprint density at radius 1 is 1.25 bits per heavy atom.